The van der Waals surface area contributed by atoms with Gasteiger partial charge in [0.05, 0.1) is 12.6 Å². The molecule has 4 nitrogen and oxygen atoms in total. The summed E-state index contributed by atoms with van der Waals surface area (Å²) in [4.78, 5) is 11.0. The van der Waals surface area contributed by atoms with Crippen LogP contribution in [0, 0.1) is 5.92 Å². The Bertz CT molecular complexity index is 171. The molecule has 1 unspecified atom stereocenters. The second kappa shape index (κ2) is 5.07. The number of hydrogen-bond donors (Lipinski definition) is 2. The number of rotatable bonds is 4. The zero-order valence-electron chi connectivity index (χ0n) is 8.89. The van der Waals surface area contributed by atoms with Crippen molar-refractivity contribution in [3.63, 3.8) is 0 Å². The Morgan fingerprint density at radius 2 is 2.15 bits per heavy atom. The molecular formula is C9H20N2O2. The first-order valence-electron chi connectivity index (χ1n) is 4.49. The van der Waals surface area contributed by atoms with Gasteiger partial charge in [-0.1, -0.05) is 13.8 Å². The Hall–Kier alpha value is -0.770. The number of ether oxygens (including phenoxy) is 1. The lowest BCUT2D eigenvalue weighted by molar-refractivity contribution is 0.154. The van der Waals surface area contributed by atoms with Gasteiger partial charge in [0.2, 0.25) is 0 Å². The van der Waals surface area contributed by atoms with Gasteiger partial charge in [-0.05, 0) is 19.3 Å². The highest BCUT2D eigenvalue weighted by molar-refractivity contribution is 5.68. The zero-order valence-corrected chi connectivity index (χ0v) is 8.89. The van der Waals surface area contributed by atoms with E-state index in [1.165, 1.54) is 7.11 Å². The Kier molecular flexibility index (Phi) is 4.77. The normalized spacial score (nSPS) is 15.2. The molecule has 0 aromatic rings. The van der Waals surface area contributed by atoms with Crippen LogP contribution in [0.5, 0.6) is 0 Å². The van der Waals surface area contributed by atoms with E-state index >= 15 is 0 Å². The fraction of sp³-hybridized carbons (Fsp3) is 0.889. The molecule has 0 aliphatic rings. The van der Waals surface area contributed by atoms with Crippen LogP contribution in [0.4, 0.5) is 4.79 Å². The predicted molar refractivity (Wildman–Crippen MR) is 52.5 cm³/mol. The summed E-state index contributed by atoms with van der Waals surface area (Å²) in [6.07, 6.45) is 0.423. The van der Waals surface area contributed by atoms with E-state index < -0.39 is 6.09 Å². The molecule has 0 heterocycles. The second-order valence-electron chi connectivity index (χ2n) is 3.98. The SMILES string of the molecule is COC(=O)NC(C)(CN)CC(C)C. The Labute approximate surface area is 79.8 Å². The number of alkyl carbamates (subject to hydrolysis) is 1. The molecule has 13 heavy (non-hydrogen) atoms. The highest BCUT2D eigenvalue weighted by atomic mass is 16.5. The summed E-state index contributed by atoms with van der Waals surface area (Å²) in [5.41, 5.74) is 5.23. The first-order chi connectivity index (χ1) is 5.93. The van der Waals surface area contributed by atoms with E-state index in [4.69, 9.17) is 5.73 Å². The van der Waals surface area contributed by atoms with Crippen molar-refractivity contribution in [1.82, 2.24) is 5.32 Å². The summed E-state index contributed by atoms with van der Waals surface area (Å²) in [5.74, 6) is 0.491. The molecule has 0 saturated heterocycles. The maximum atomic E-state index is 11.0. The first kappa shape index (κ1) is 12.2. The van der Waals surface area contributed by atoms with Crippen molar-refractivity contribution in [1.29, 1.82) is 0 Å². The molecule has 0 aliphatic heterocycles. The van der Waals surface area contributed by atoms with Gasteiger partial charge in [0.25, 0.3) is 0 Å². The van der Waals surface area contributed by atoms with E-state index in [1.807, 2.05) is 6.92 Å². The number of carbonyl (C=O) groups is 1. The molecule has 3 N–H and O–H groups in total. The van der Waals surface area contributed by atoms with Crippen molar-refractivity contribution in [2.45, 2.75) is 32.7 Å². The van der Waals surface area contributed by atoms with Crippen LogP contribution in [0.15, 0.2) is 0 Å². The van der Waals surface area contributed by atoms with Crippen LogP contribution in [-0.4, -0.2) is 25.3 Å². The third-order valence-corrected chi connectivity index (χ3v) is 1.90. The highest BCUT2D eigenvalue weighted by Gasteiger charge is 2.25. The van der Waals surface area contributed by atoms with E-state index in [2.05, 4.69) is 23.9 Å². The second-order valence-corrected chi connectivity index (χ2v) is 3.98. The molecule has 1 amide bonds. The van der Waals surface area contributed by atoms with Crippen LogP contribution < -0.4 is 11.1 Å². The maximum absolute atomic E-state index is 11.0. The lowest BCUT2D eigenvalue weighted by Gasteiger charge is -2.30. The minimum absolute atomic E-state index is 0.360. The smallest absolute Gasteiger partial charge is 0.407 e. The number of carbonyl (C=O) groups excluding carboxylic acids is 1. The monoisotopic (exact) mass is 188 g/mol. The van der Waals surface area contributed by atoms with E-state index in [1.54, 1.807) is 0 Å². The maximum Gasteiger partial charge on any atom is 0.407 e. The van der Waals surface area contributed by atoms with Gasteiger partial charge in [-0.25, -0.2) is 4.79 Å². The largest absolute Gasteiger partial charge is 0.453 e. The quantitative estimate of drug-likeness (QED) is 0.694. The summed E-state index contributed by atoms with van der Waals surface area (Å²) < 4.78 is 4.52. The van der Waals surface area contributed by atoms with Gasteiger partial charge in [0.15, 0.2) is 0 Å². The van der Waals surface area contributed by atoms with Crippen molar-refractivity contribution >= 4 is 6.09 Å². The number of nitrogens with one attached hydrogen (secondary N) is 1. The standard InChI is InChI=1S/C9H20N2O2/c1-7(2)5-9(3,6-10)11-8(12)13-4/h7H,5-6,10H2,1-4H3,(H,11,12). The summed E-state index contributed by atoms with van der Waals surface area (Å²) >= 11 is 0. The van der Waals surface area contributed by atoms with Gasteiger partial charge >= 0.3 is 6.09 Å². The number of nitrogens with two attached hydrogens (primary N) is 1. The Morgan fingerprint density at radius 3 is 2.46 bits per heavy atom. The molecule has 4 heteroatoms. The van der Waals surface area contributed by atoms with E-state index in [0.29, 0.717) is 12.5 Å². The molecule has 0 fully saturated rings. The lowest BCUT2D eigenvalue weighted by atomic mass is 9.91. The first-order valence-corrected chi connectivity index (χ1v) is 4.49. The number of methoxy groups -OCH3 is 1. The third-order valence-electron chi connectivity index (χ3n) is 1.90. The summed E-state index contributed by atoms with van der Waals surface area (Å²) in [7, 11) is 1.35. The van der Waals surface area contributed by atoms with Crippen LogP contribution in [-0.2, 0) is 4.74 Å². The van der Waals surface area contributed by atoms with Crippen molar-refractivity contribution in [3.8, 4) is 0 Å². The van der Waals surface area contributed by atoms with Gasteiger partial charge in [-0.3, -0.25) is 0 Å². The van der Waals surface area contributed by atoms with Crippen molar-refractivity contribution in [2.24, 2.45) is 11.7 Å². The minimum atomic E-state index is -0.423. The lowest BCUT2D eigenvalue weighted by Crippen LogP contribution is -2.52. The van der Waals surface area contributed by atoms with Gasteiger partial charge in [0.1, 0.15) is 0 Å². The fourth-order valence-electron chi connectivity index (χ4n) is 1.38. The molecule has 0 aromatic carbocycles. The average Bonchev–Trinajstić information content (AvgIpc) is 2.02. The van der Waals surface area contributed by atoms with Gasteiger partial charge < -0.3 is 15.8 Å². The molecule has 0 bridgehead atoms. The van der Waals surface area contributed by atoms with E-state index in [-0.39, 0.29) is 5.54 Å². The number of hydrogen-bond acceptors (Lipinski definition) is 3. The molecule has 0 saturated carbocycles. The summed E-state index contributed by atoms with van der Waals surface area (Å²) in [6.45, 7) is 6.52. The highest BCUT2D eigenvalue weighted by Crippen LogP contribution is 2.15. The van der Waals surface area contributed by atoms with Gasteiger partial charge in [-0.2, -0.15) is 0 Å². The van der Waals surface area contributed by atoms with Crippen molar-refractivity contribution in [3.05, 3.63) is 0 Å². The molecule has 0 rings (SSSR count). The topological polar surface area (TPSA) is 64.3 Å². The molecule has 0 aliphatic carbocycles. The Morgan fingerprint density at radius 1 is 1.62 bits per heavy atom. The molecule has 78 valence electrons. The van der Waals surface area contributed by atoms with Crippen LogP contribution in [0.3, 0.4) is 0 Å². The predicted octanol–water partition coefficient (Wildman–Crippen LogP) is 1.11. The van der Waals surface area contributed by atoms with E-state index in [9.17, 15) is 4.79 Å². The van der Waals surface area contributed by atoms with Crippen LogP contribution in [0.25, 0.3) is 0 Å². The van der Waals surface area contributed by atoms with Crippen LogP contribution in [0.2, 0.25) is 0 Å². The van der Waals surface area contributed by atoms with Crippen LogP contribution >= 0.6 is 0 Å². The van der Waals surface area contributed by atoms with Gasteiger partial charge in [-0.15, -0.1) is 0 Å². The molecular weight excluding hydrogens is 168 g/mol. The minimum Gasteiger partial charge on any atom is -0.453 e. The van der Waals surface area contributed by atoms with E-state index in [0.717, 1.165) is 6.42 Å². The molecule has 0 radical (unpaired) electrons. The van der Waals surface area contributed by atoms with Crippen molar-refractivity contribution < 1.29 is 9.53 Å². The summed E-state index contributed by atoms with van der Waals surface area (Å²) in [5, 5.41) is 2.74. The zero-order chi connectivity index (χ0) is 10.5. The Balaban J connectivity index is 4.18. The fourth-order valence-corrected chi connectivity index (χ4v) is 1.38. The molecule has 0 aromatic heterocycles. The molecule has 1 atom stereocenters. The average molecular weight is 188 g/mol. The molecule has 0 spiro atoms. The van der Waals surface area contributed by atoms with Crippen LogP contribution in [0.1, 0.15) is 27.2 Å². The summed E-state index contributed by atoms with van der Waals surface area (Å²) in [6, 6.07) is 0. The third kappa shape index (κ3) is 4.72. The number of amides is 1. The van der Waals surface area contributed by atoms with Gasteiger partial charge in [0, 0.05) is 6.54 Å². The van der Waals surface area contributed by atoms with Crippen molar-refractivity contribution in [2.75, 3.05) is 13.7 Å².